The second-order valence-electron chi connectivity index (χ2n) is 6.75. The van der Waals surface area contributed by atoms with Gasteiger partial charge in [-0.15, -0.1) is 0 Å². The van der Waals surface area contributed by atoms with Crippen LogP contribution in [0.25, 0.3) is 0 Å². The molecule has 110 valence electrons. The third kappa shape index (κ3) is 4.04. The zero-order chi connectivity index (χ0) is 14.8. The Hall–Kier alpha value is -0.883. The minimum absolute atomic E-state index is 0.00244. The molecular weight excluding hydrogens is 260 g/mol. The maximum absolute atomic E-state index is 11.7. The molecule has 1 atom stereocenters. The molecule has 1 saturated heterocycles. The minimum atomic E-state index is -1.77. The third-order valence-electron chi connectivity index (χ3n) is 4.25. The van der Waals surface area contributed by atoms with Gasteiger partial charge in [0.25, 0.3) is 0 Å². The molecule has 1 unspecified atom stereocenters. The van der Waals surface area contributed by atoms with Crippen molar-refractivity contribution in [2.75, 3.05) is 19.7 Å². The molecule has 0 bridgehead atoms. The largest absolute Gasteiger partial charge is 0.415 e. The van der Waals surface area contributed by atoms with Gasteiger partial charge in [-0.2, -0.15) is 0 Å². The first-order chi connectivity index (χ1) is 8.54. The lowest BCUT2D eigenvalue weighted by Crippen LogP contribution is -2.43. The molecule has 0 aromatic heterocycles. The van der Waals surface area contributed by atoms with Crippen molar-refractivity contribution in [3.05, 3.63) is 0 Å². The highest BCUT2D eigenvalue weighted by Gasteiger charge is 2.38. The molecule has 1 aliphatic rings. The van der Waals surface area contributed by atoms with E-state index in [1.807, 2.05) is 0 Å². The standard InChI is InChI=1S/C13H26N2O3Si/c1-13(2,3)19(4,5)18-7-6-15-9-10(12(14)17)8-11(15)16/h10H,6-9H2,1-5H3,(H2,14,17). The zero-order valence-corrected chi connectivity index (χ0v) is 13.7. The molecule has 0 spiro atoms. The van der Waals surface area contributed by atoms with Gasteiger partial charge in [-0.3, -0.25) is 9.59 Å². The average molecular weight is 286 g/mol. The number of primary amides is 1. The molecular formula is C13H26N2O3Si. The molecule has 1 heterocycles. The van der Waals surface area contributed by atoms with E-state index in [2.05, 4.69) is 33.9 Å². The number of hydrogen-bond donors (Lipinski definition) is 1. The van der Waals surface area contributed by atoms with E-state index >= 15 is 0 Å². The average Bonchev–Trinajstić information content (AvgIpc) is 2.58. The Balaban J connectivity index is 2.43. The van der Waals surface area contributed by atoms with Crippen molar-refractivity contribution in [1.29, 1.82) is 0 Å². The van der Waals surface area contributed by atoms with Crippen molar-refractivity contribution < 1.29 is 14.0 Å². The molecule has 0 aromatic carbocycles. The van der Waals surface area contributed by atoms with Crippen LogP contribution in [0.2, 0.25) is 18.1 Å². The van der Waals surface area contributed by atoms with Gasteiger partial charge in [-0.05, 0) is 18.1 Å². The van der Waals surface area contributed by atoms with Crippen LogP contribution in [-0.2, 0) is 14.0 Å². The number of nitrogens with two attached hydrogens (primary N) is 1. The Morgan fingerprint density at radius 1 is 1.47 bits per heavy atom. The second-order valence-corrected chi connectivity index (χ2v) is 11.6. The van der Waals surface area contributed by atoms with Crippen molar-refractivity contribution >= 4 is 20.1 Å². The molecule has 0 aromatic rings. The van der Waals surface area contributed by atoms with Crippen LogP contribution >= 0.6 is 0 Å². The van der Waals surface area contributed by atoms with Gasteiger partial charge in [-0.1, -0.05) is 20.8 Å². The van der Waals surface area contributed by atoms with Gasteiger partial charge in [-0.25, -0.2) is 0 Å². The minimum Gasteiger partial charge on any atom is -0.415 e. The van der Waals surface area contributed by atoms with Crippen molar-refractivity contribution in [1.82, 2.24) is 4.90 Å². The van der Waals surface area contributed by atoms with E-state index in [4.69, 9.17) is 10.2 Å². The third-order valence-corrected chi connectivity index (χ3v) is 8.79. The predicted molar refractivity (Wildman–Crippen MR) is 77.0 cm³/mol. The highest BCUT2D eigenvalue weighted by Crippen LogP contribution is 2.36. The summed E-state index contributed by atoms with van der Waals surface area (Å²) in [6, 6.07) is 0. The summed E-state index contributed by atoms with van der Waals surface area (Å²) in [5, 5.41) is 0.164. The van der Waals surface area contributed by atoms with Gasteiger partial charge in [0.2, 0.25) is 11.8 Å². The molecule has 2 N–H and O–H groups in total. The fraction of sp³-hybridized carbons (Fsp3) is 0.846. The second kappa shape index (κ2) is 5.62. The van der Waals surface area contributed by atoms with Gasteiger partial charge in [0.15, 0.2) is 8.32 Å². The Kier molecular flexibility index (Phi) is 4.79. The fourth-order valence-electron chi connectivity index (χ4n) is 1.81. The summed E-state index contributed by atoms with van der Waals surface area (Å²) in [5.74, 6) is -0.718. The van der Waals surface area contributed by atoms with Gasteiger partial charge >= 0.3 is 0 Å². The summed E-state index contributed by atoms with van der Waals surface area (Å²) in [5.41, 5.74) is 5.23. The number of carbonyl (C=O) groups is 2. The van der Waals surface area contributed by atoms with Gasteiger partial charge in [0.1, 0.15) is 0 Å². The Labute approximate surface area is 116 Å². The van der Waals surface area contributed by atoms with Crippen LogP contribution in [-0.4, -0.2) is 44.7 Å². The van der Waals surface area contributed by atoms with Crippen molar-refractivity contribution in [2.24, 2.45) is 11.7 Å². The van der Waals surface area contributed by atoms with Gasteiger partial charge < -0.3 is 15.1 Å². The molecule has 5 nitrogen and oxygen atoms in total. The van der Waals surface area contributed by atoms with Gasteiger partial charge in [0.05, 0.1) is 12.5 Å². The Morgan fingerprint density at radius 2 is 2.05 bits per heavy atom. The molecule has 0 saturated carbocycles. The monoisotopic (exact) mass is 286 g/mol. The molecule has 6 heteroatoms. The predicted octanol–water partition coefficient (Wildman–Crippen LogP) is 1.34. The lowest BCUT2D eigenvalue weighted by Gasteiger charge is -2.36. The normalized spacial score (nSPS) is 21.0. The van der Waals surface area contributed by atoms with E-state index in [0.29, 0.717) is 19.7 Å². The lowest BCUT2D eigenvalue weighted by molar-refractivity contribution is -0.128. The molecule has 1 fully saturated rings. The highest BCUT2D eigenvalue weighted by molar-refractivity contribution is 6.74. The first kappa shape index (κ1) is 16.2. The van der Waals surface area contributed by atoms with Gasteiger partial charge in [0, 0.05) is 19.5 Å². The quantitative estimate of drug-likeness (QED) is 0.775. The van der Waals surface area contributed by atoms with Crippen LogP contribution in [0, 0.1) is 5.92 Å². The summed E-state index contributed by atoms with van der Waals surface area (Å²) < 4.78 is 6.03. The summed E-state index contributed by atoms with van der Waals surface area (Å²) in [4.78, 5) is 24.5. The summed E-state index contributed by atoms with van der Waals surface area (Å²) in [7, 11) is -1.77. The zero-order valence-electron chi connectivity index (χ0n) is 12.7. The molecule has 19 heavy (non-hydrogen) atoms. The Morgan fingerprint density at radius 3 is 2.47 bits per heavy atom. The van der Waals surface area contributed by atoms with Crippen LogP contribution in [0.5, 0.6) is 0 Å². The Bertz CT molecular complexity index is 363. The van der Waals surface area contributed by atoms with E-state index < -0.39 is 8.32 Å². The lowest BCUT2D eigenvalue weighted by atomic mass is 10.1. The number of rotatable bonds is 5. The maximum Gasteiger partial charge on any atom is 0.223 e. The van der Waals surface area contributed by atoms with Crippen molar-refractivity contribution in [3.63, 3.8) is 0 Å². The molecule has 1 rings (SSSR count). The topological polar surface area (TPSA) is 72.6 Å². The summed E-state index contributed by atoms with van der Waals surface area (Å²) in [6.45, 7) is 12.4. The number of carbonyl (C=O) groups excluding carboxylic acids is 2. The smallest absolute Gasteiger partial charge is 0.223 e. The number of likely N-dealkylation sites (tertiary alicyclic amines) is 1. The van der Waals surface area contributed by atoms with Crippen LogP contribution in [0.3, 0.4) is 0 Å². The van der Waals surface area contributed by atoms with E-state index in [-0.39, 0.29) is 29.2 Å². The summed E-state index contributed by atoms with van der Waals surface area (Å²) >= 11 is 0. The molecule has 1 aliphatic heterocycles. The van der Waals surface area contributed by atoms with Crippen molar-refractivity contribution in [2.45, 2.75) is 45.3 Å². The first-order valence-electron chi connectivity index (χ1n) is 6.75. The number of amides is 2. The van der Waals surface area contributed by atoms with E-state index in [1.165, 1.54) is 0 Å². The van der Waals surface area contributed by atoms with E-state index in [9.17, 15) is 9.59 Å². The van der Waals surface area contributed by atoms with Crippen molar-refractivity contribution in [3.8, 4) is 0 Å². The van der Waals surface area contributed by atoms with E-state index in [0.717, 1.165) is 0 Å². The number of nitrogens with zero attached hydrogens (tertiary/aromatic N) is 1. The molecule has 2 amide bonds. The molecule has 0 radical (unpaired) electrons. The van der Waals surface area contributed by atoms with Crippen LogP contribution in [0.1, 0.15) is 27.2 Å². The maximum atomic E-state index is 11.7. The van der Waals surface area contributed by atoms with Crippen LogP contribution in [0.4, 0.5) is 0 Å². The van der Waals surface area contributed by atoms with Crippen LogP contribution in [0.15, 0.2) is 0 Å². The SMILES string of the molecule is CC(C)(C)[Si](C)(C)OCCN1CC(C(N)=O)CC1=O. The summed E-state index contributed by atoms with van der Waals surface area (Å²) in [6.07, 6.45) is 0.245. The van der Waals surface area contributed by atoms with Crippen LogP contribution < -0.4 is 5.73 Å². The highest BCUT2D eigenvalue weighted by atomic mass is 28.4. The first-order valence-corrected chi connectivity index (χ1v) is 9.66. The molecule has 0 aliphatic carbocycles. The van der Waals surface area contributed by atoms with E-state index in [1.54, 1.807) is 4.90 Å². The fourth-order valence-corrected chi connectivity index (χ4v) is 2.84. The number of hydrogen-bond acceptors (Lipinski definition) is 3.